The fourth-order valence-corrected chi connectivity index (χ4v) is 2.58. The van der Waals surface area contributed by atoms with Crippen LogP contribution >= 0.6 is 0 Å². The van der Waals surface area contributed by atoms with Crippen LogP contribution in [0.4, 0.5) is 0 Å². The van der Waals surface area contributed by atoms with Crippen LogP contribution in [0, 0.1) is 0 Å². The van der Waals surface area contributed by atoms with Crippen molar-refractivity contribution < 1.29 is 9.90 Å². The maximum Gasteiger partial charge on any atom is 0.320 e. The van der Waals surface area contributed by atoms with Gasteiger partial charge in [0.15, 0.2) is 0 Å². The van der Waals surface area contributed by atoms with E-state index in [1.54, 1.807) is 0 Å². The molecular formula is C17H36N2O2. The first kappa shape index (κ1) is 20.4. The molecular weight excluding hydrogens is 264 g/mol. The van der Waals surface area contributed by atoms with Crippen LogP contribution in [0.2, 0.25) is 0 Å². The topological polar surface area (TPSA) is 89.3 Å². The molecule has 126 valence electrons. The third kappa shape index (κ3) is 14.1. The number of hydrogen-bond acceptors (Lipinski definition) is 3. The molecule has 0 aliphatic carbocycles. The molecule has 0 radical (unpaired) electrons. The molecule has 0 aromatic rings. The van der Waals surface area contributed by atoms with Gasteiger partial charge in [0, 0.05) is 6.04 Å². The number of nitrogens with two attached hydrogens (primary N) is 2. The lowest BCUT2D eigenvalue weighted by molar-refractivity contribution is -0.138. The average Bonchev–Trinajstić information content (AvgIpc) is 2.45. The Morgan fingerprint density at radius 1 is 0.810 bits per heavy atom. The highest BCUT2D eigenvalue weighted by molar-refractivity contribution is 5.72. The average molecular weight is 300 g/mol. The minimum absolute atomic E-state index is 0.204. The maximum absolute atomic E-state index is 10.6. The highest BCUT2D eigenvalue weighted by Gasteiger charge is 2.11. The first-order valence-corrected chi connectivity index (χ1v) is 8.81. The predicted molar refractivity (Wildman–Crippen MR) is 89.3 cm³/mol. The molecule has 0 aromatic carbocycles. The fourth-order valence-electron chi connectivity index (χ4n) is 2.58. The van der Waals surface area contributed by atoms with Crippen molar-refractivity contribution in [2.45, 2.75) is 102 Å². The zero-order chi connectivity index (χ0) is 15.9. The zero-order valence-corrected chi connectivity index (χ0v) is 13.9. The van der Waals surface area contributed by atoms with Crippen molar-refractivity contribution in [1.82, 2.24) is 0 Å². The van der Waals surface area contributed by atoms with Crippen molar-refractivity contribution in [3.05, 3.63) is 0 Å². The minimum atomic E-state index is -0.914. The summed E-state index contributed by atoms with van der Waals surface area (Å²) in [5.74, 6) is -0.914. The molecule has 0 amide bonds. The quantitative estimate of drug-likeness (QED) is 0.401. The molecule has 5 N–H and O–H groups in total. The van der Waals surface area contributed by atoms with Gasteiger partial charge in [-0.1, -0.05) is 64.7 Å². The molecule has 1 unspecified atom stereocenters. The monoisotopic (exact) mass is 300 g/mol. The lowest BCUT2D eigenvalue weighted by Crippen LogP contribution is -2.30. The number of carboxylic acids is 1. The Kier molecular flexibility index (Phi) is 13.9. The summed E-state index contributed by atoms with van der Waals surface area (Å²) in [7, 11) is 0. The summed E-state index contributed by atoms with van der Waals surface area (Å²) in [5, 5.41) is 8.68. The van der Waals surface area contributed by atoms with Crippen molar-refractivity contribution in [1.29, 1.82) is 0 Å². The van der Waals surface area contributed by atoms with E-state index in [0.717, 1.165) is 19.3 Å². The second-order valence-electron chi connectivity index (χ2n) is 6.25. The Labute approximate surface area is 130 Å². The maximum atomic E-state index is 10.6. The van der Waals surface area contributed by atoms with Gasteiger partial charge >= 0.3 is 5.97 Å². The van der Waals surface area contributed by atoms with Gasteiger partial charge in [-0.05, 0) is 25.7 Å². The second kappa shape index (κ2) is 14.3. The zero-order valence-electron chi connectivity index (χ0n) is 13.9. The van der Waals surface area contributed by atoms with Gasteiger partial charge in [0.05, 0.1) is 0 Å². The number of hydrogen-bond donors (Lipinski definition) is 3. The van der Waals surface area contributed by atoms with Gasteiger partial charge in [0.1, 0.15) is 6.04 Å². The molecule has 21 heavy (non-hydrogen) atoms. The van der Waals surface area contributed by atoms with Crippen molar-refractivity contribution in [3.8, 4) is 0 Å². The van der Waals surface area contributed by atoms with Crippen molar-refractivity contribution in [2.75, 3.05) is 0 Å². The summed E-state index contributed by atoms with van der Waals surface area (Å²) < 4.78 is 0. The molecule has 2 atom stereocenters. The van der Waals surface area contributed by atoms with Gasteiger partial charge in [-0.25, -0.2) is 0 Å². The highest BCUT2D eigenvalue weighted by atomic mass is 16.4. The van der Waals surface area contributed by atoms with Crippen LogP contribution in [-0.4, -0.2) is 23.2 Å². The van der Waals surface area contributed by atoms with Gasteiger partial charge in [-0.3, -0.25) is 4.79 Å². The molecule has 4 heteroatoms. The van der Waals surface area contributed by atoms with Gasteiger partial charge in [0.25, 0.3) is 0 Å². The van der Waals surface area contributed by atoms with E-state index in [0.29, 0.717) is 6.42 Å². The molecule has 0 saturated carbocycles. The summed E-state index contributed by atoms with van der Waals surface area (Å²) in [6, 6.07) is -0.527. The Hall–Kier alpha value is -0.610. The summed E-state index contributed by atoms with van der Waals surface area (Å²) in [5.41, 5.74) is 11.5. The van der Waals surface area contributed by atoms with Crippen molar-refractivity contribution in [2.24, 2.45) is 11.5 Å². The Morgan fingerprint density at radius 2 is 1.29 bits per heavy atom. The number of unbranched alkanes of at least 4 members (excludes halogenated alkanes) is 8. The Balaban J connectivity index is 3.26. The first-order chi connectivity index (χ1) is 10.1. The van der Waals surface area contributed by atoms with E-state index >= 15 is 0 Å². The lowest BCUT2D eigenvalue weighted by Gasteiger charge is -2.12. The van der Waals surface area contributed by atoms with E-state index in [1.807, 2.05) is 0 Å². The third-order valence-electron chi connectivity index (χ3n) is 4.09. The normalized spacial score (nSPS) is 14.0. The number of rotatable bonds is 15. The molecule has 0 heterocycles. The van der Waals surface area contributed by atoms with Crippen LogP contribution in [-0.2, 0) is 4.79 Å². The smallest absolute Gasteiger partial charge is 0.320 e. The van der Waals surface area contributed by atoms with Crippen LogP contribution in [0.1, 0.15) is 90.4 Å². The summed E-state index contributed by atoms with van der Waals surface area (Å²) >= 11 is 0. The van der Waals surface area contributed by atoms with E-state index < -0.39 is 12.0 Å². The summed E-state index contributed by atoms with van der Waals surface area (Å²) in [4.78, 5) is 10.6. The molecule has 0 aromatic heterocycles. The molecule has 0 aliphatic heterocycles. The third-order valence-corrected chi connectivity index (χ3v) is 4.09. The number of carboxylic acid groups (broad SMARTS) is 1. The Morgan fingerprint density at radius 3 is 1.81 bits per heavy atom. The van der Waals surface area contributed by atoms with Crippen molar-refractivity contribution in [3.63, 3.8) is 0 Å². The summed E-state index contributed by atoms with van der Waals surface area (Å²) in [6.45, 7) is 2.25. The highest BCUT2D eigenvalue weighted by Crippen LogP contribution is 2.12. The molecule has 0 aliphatic rings. The molecule has 0 spiro atoms. The SMILES string of the molecule is CCCCCCCCCCCC(N)CCC[C@H](N)C(=O)O. The van der Waals surface area contributed by atoms with Crippen LogP contribution in [0.5, 0.6) is 0 Å². The minimum Gasteiger partial charge on any atom is -0.480 e. The second-order valence-corrected chi connectivity index (χ2v) is 6.25. The Bertz CT molecular complexity index is 247. The molecule has 0 saturated heterocycles. The number of aliphatic carboxylic acids is 1. The van der Waals surface area contributed by atoms with Crippen molar-refractivity contribution >= 4 is 5.97 Å². The van der Waals surface area contributed by atoms with Gasteiger partial charge in [-0.15, -0.1) is 0 Å². The van der Waals surface area contributed by atoms with E-state index in [-0.39, 0.29) is 6.04 Å². The largest absolute Gasteiger partial charge is 0.480 e. The van der Waals surface area contributed by atoms with Crippen LogP contribution in [0.15, 0.2) is 0 Å². The van der Waals surface area contributed by atoms with E-state index in [2.05, 4.69) is 6.92 Å². The fraction of sp³-hybridized carbons (Fsp3) is 0.941. The standard InChI is InChI=1S/C17H36N2O2/c1-2-3-4-5-6-7-8-9-10-12-15(18)13-11-14-16(19)17(20)21/h15-16H,2-14,18-19H2,1H3,(H,20,21)/t15?,16-/m0/s1. The van der Waals surface area contributed by atoms with Crippen LogP contribution < -0.4 is 11.5 Å². The van der Waals surface area contributed by atoms with E-state index in [4.69, 9.17) is 16.6 Å². The van der Waals surface area contributed by atoms with Crippen LogP contribution in [0.3, 0.4) is 0 Å². The number of carbonyl (C=O) groups is 1. The first-order valence-electron chi connectivity index (χ1n) is 8.81. The van der Waals surface area contributed by atoms with Gasteiger partial charge in [0.2, 0.25) is 0 Å². The van der Waals surface area contributed by atoms with Gasteiger partial charge in [-0.2, -0.15) is 0 Å². The molecule has 4 nitrogen and oxygen atoms in total. The van der Waals surface area contributed by atoms with E-state index in [9.17, 15) is 4.79 Å². The molecule has 0 bridgehead atoms. The predicted octanol–water partition coefficient (Wildman–Crippen LogP) is 3.82. The van der Waals surface area contributed by atoms with Gasteiger partial charge < -0.3 is 16.6 Å². The lowest BCUT2D eigenvalue weighted by atomic mass is 10.0. The molecule has 0 rings (SSSR count). The van der Waals surface area contributed by atoms with E-state index in [1.165, 1.54) is 57.8 Å². The summed E-state index contributed by atoms with van der Waals surface area (Å²) in [6.07, 6.45) is 15.3. The molecule has 0 fully saturated rings. The van der Waals surface area contributed by atoms with Crippen LogP contribution in [0.25, 0.3) is 0 Å².